The lowest BCUT2D eigenvalue weighted by Gasteiger charge is -2.59. The summed E-state index contributed by atoms with van der Waals surface area (Å²) in [6.45, 7) is 4.90. The molecule has 3 nitrogen and oxygen atoms in total. The van der Waals surface area contributed by atoms with Crippen LogP contribution in [-0.4, -0.2) is 15.6 Å². The minimum absolute atomic E-state index is 0.118. The predicted molar refractivity (Wildman–Crippen MR) is 108 cm³/mol. The van der Waals surface area contributed by atoms with Crippen molar-refractivity contribution in [3.05, 3.63) is 23.5 Å². The normalized spacial score (nSPS) is 45.4. The molecule has 4 aliphatic carbocycles. The summed E-state index contributed by atoms with van der Waals surface area (Å²) in [5.74, 6) is 3.54. The number of Topliss-reactive ketones (excluding diaryl/α,β-unsaturated/α-hetero) is 1. The number of rotatable bonds is 1. The Kier molecular flexibility index (Phi) is 3.97. The topological polar surface area (TPSA) is 34.9 Å². The maximum Gasteiger partial charge on any atom is 0.165 e. The van der Waals surface area contributed by atoms with Crippen molar-refractivity contribution < 1.29 is 4.79 Å². The average molecular weight is 367 g/mol. The molecule has 1 aromatic rings. The zero-order valence-electron chi connectivity index (χ0n) is 17.2. The second-order valence-electron chi connectivity index (χ2n) is 10.5. The molecule has 27 heavy (non-hydrogen) atoms. The van der Waals surface area contributed by atoms with Crippen molar-refractivity contribution in [3.63, 3.8) is 0 Å². The van der Waals surface area contributed by atoms with Crippen LogP contribution in [0.25, 0.3) is 6.08 Å². The number of carbonyl (C=O) groups excluding carboxylic acids is 1. The molecule has 5 rings (SSSR count). The molecule has 0 spiro atoms. The third kappa shape index (κ3) is 2.53. The smallest absolute Gasteiger partial charge is 0.165 e. The summed E-state index contributed by atoms with van der Waals surface area (Å²) in [7, 11) is 1.94. The fraction of sp³-hybridized carbons (Fsp3) is 0.750. The van der Waals surface area contributed by atoms with Crippen LogP contribution in [0.4, 0.5) is 0 Å². The highest BCUT2D eigenvalue weighted by molar-refractivity contribution is 6.05. The Morgan fingerprint density at radius 3 is 2.74 bits per heavy atom. The van der Waals surface area contributed by atoms with E-state index in [9.17, 15) is 4.79 Å². The van der Waals surface area contributed by atoms with Crippen LogP contribution in [0.1, 0.15) is 77.2 Å². The van der Waals surface area contributed by atoms with Gasteiger partial charge < -0.3 is 0 Å². The van der Waals surface area contributed by atoms with E-state index in [2.05, 4.69) is 25.0 Å². The molecular formula is C24H34N2O. The zero-order chi connectivity index (χ0) is 18.8. The van der Waals surface area contributed by atoms with Gasteiger partial charge in [-0.1, -0.05) is 26.7 Å². The lowest BCUT2D eigenvalue weighted by Crippen LogP contribution is -2.52. The van der Waals surface area contributed by atoms with Crippen LogP contribution >= 0.6 is 0 Å². The Bertz CT molecular complexity index is 792. The van der Waals surface area contributed by atoms with Crippen molar-refractivity contribution in [1.29, 1.82) is 0 Å². The highest BCUT2D eigenvalue weighted by atomic mass is 16.1. The van der Waals surface area contributed by atoms with Gasteiger partial charge in [0, 0.05) is 24.2 Å². The van der Waals surface area contributed by atoms with Crippen LogP contribution in [0.5, 0.6) is 0 Å². The number of allylic oxidation sites excluding steroid dienone is 1. The first kappa shape index (κ1) is 17.7. The molecular weight excluding hydrogens is 332 g/mol. The Hall–Kier alpha value is -1.38. The predicted octanol–water partition coefficient (Wildman–Crippen LogP) is 5.42. The van der Waals surface area contributed by atoms with Crippen molar-refractivity contribution in [3.8, 4) is 0 Å². The van der Waals surface area contributed by atoms with Crippen LogP contribution in [0.15, 0.2) is 18.0 Å². The minimum atomic E-state index is -0.118. The summed E-state index contributed by atoms with van der Waals surface area (Å²) in [5, 5.41) is 4.27. The summed E-state index contributed by atoms with van der Waals surface area (Å²) in [6.07, 6.45) is 17.9. The van der Waals surface area contributed by atoms with Gasteiger partial charge in [-0.25, -0.2) is 0 Å². The van der Waals surface area contributed by atoms with Gasteiger partial charge in [0.25, 0.3) is 0 Å². The van der Waals surface area contributed by atoms with Crippen LogP contribution in [0.3, 0.4) is 0 Å². The van der Waals surface area contributed by atoms with Gasteiger partial charge in [-0.05, 0) is 85.7 Å². The Morgan fingerprint density at radius 2 is 1.96 bits per heavy atom. The molecule has 4 fully saturated rings. The molecule has 6 atom stereocenters. The number of fused-ring (bicyclic) bond motifs is 5. The SMILES string of the molecule is Cn1cc(/C=C2\C[C@H]3[C@@H]4CC[C@@H]5CCCC[C@]5(C)[C@H]4CC[C@]3(C)C2=O)cn1. The number of hydrogen-bond donors (Lipinski definition) is 0. The van der Waals surface area contributed by atoms with Gasteiger partial charge in [-0.2, -0.15) is 5.10 Å². The maximum atomic E-state index is 13.4. The largest absolute Gasteiger partial charge is 0.294 e. The summed E-state index contributed by atoms with van der Waals surface area (Å²) in [6, 6.07) is 0. The zero-order valence-corrected chi connectivity index (χ0v) is 17.2. The minimum Gasteiger partial charge on any atom is -0.294 e. The highest BCUT2D eigenvalue weighted by Crippen LogP contribution is 2.66. The Morgan fingerprint density at radius 1 is 1.11 bits per heavy atom. The van der Waals surface area contributed by atoms with Crippen molar-refractivity contribution in [1.82, 2.24) is 9.78 Å². The van der Waals surface area contributed by atoms with Gasteiger partial charge in [0.2, 0.25) is 0 Å². The fourth-order valence-corrected chi connectivity index (χ4v) is 7.81. The molecule has 0 amide bonds. The van der Waals surface area contributed by atoms with Crippen molar-refractivity contribution in [2.24, 2.45) is 41.5 Å². The monoisotopic (exact) mass is 366 g/mol. The fourth-order valence-electron chi connectivity index (χ4n) is 7.81. The van der Waals surface area contributed by atoms with E-state index in [0.29, 0.717) is 17.1 Å². The van der Waals surface area contributed by atoms with E-state index in [-0.39, 0.29) is 5.41 Å². The van der Waals surface area contributed by atoms with Gasteiger partial charge in [0.15, 0.2) is 5.78 Å². The van der Waals surface area contributed by atoms with Gasteiger partial charge >= 0.3 is 0 Å². The molecule has 0 unspecified atom stereocenters. The lowest BCUT2D eigenvalue weighted by atomic mass is 9.45. The van der Waals surface area contributed by atoms with Crippen LogP contribution in [-0.2, 0) is 11.8 Å². The summed E-state index contributed by atoms with van der Waals surface area (Å²) in [5.41, 5.74) is 2.56. The van der Waals surface area contributed by atoms with Crippen molar-refractivity contribution in [2.75, 3.05) is 0 Å². The first-order valence-electron chi connectivity index (χ1n) is 11.2. The number of ketones is 1. The average Bonchev–Trinajstić information content (AvgIpc) is 3.16. The standard InChI is InChI=1S/C24H34N2O/c1-23-10-5-4-6-18(23)7-8-19-20(23)9-11-24(2)21(19)13-17(22(24)27)12-16-14-25-26(3)15-16/h12,14-15,18-21H,4-11,13H2,1-3H3/b17-12+/t18-,19+,20-,21-,23-,24-/m0/s1. The van der Waals surface area contributed by atoms with Gasteiger partial charge in [0.05, 0.1) is 6.20 Å². The molecule has 1 heterocycles. The molecule has 0 N–H and O–H groups in total. The van der Waals surface area contributed by atoms with E-state index < -0.39 is 0 Å². The molecule has 3 heteroatoms. The highest BCUT2D eigenvalue weighted by Gasteiger charge is 2.60. The molecule has 146 valence electrons. The molecule has 0 radical (unpaired) electrons. The van der Waals surface area contributed by atoms with Crippen LogP contribution in [0.2, 0.25) is 0 Å². The Balaban J connectivity index is 1.46. The second-order valence-corrected chi connectivity index (χ2v) is 10.5. The van der Waals surface area contributed by atoms with E-state index in [1.54, 1.807) is 0 Å². The van der Waals surface area contributed by atoms with Gasteiger partial charge in [-0.3, -0.25) is 9.48 Å². The number of nitrogens with zero attached hydrogens (tertiary/aromatic N) is 2. The third-order valence-corrected chi connectivity index (χ3v) is 9.29. The molecule has 0 aliphatic heterocycles. The molecule has 0 saturated heterocycles. The molecule has 4 aliphatic rings. The number of hydrogen-bond acceptors (Lipinski definition) is 2. The lowest BCUT2D eigenvalue weighted by molar-refractivity contribution is -0.137. The number of aromatic nitrogens is 2. The quantitative estimate of drug-likeness (QED) is 0.622. The van der Waals surface area contributed by atoms with E-state index in [0.717, 1.165) is 41.7 Å². The van der Waals surface area contributed by atoms with Crippen LogP contribution < -0.4 is 0 Å². The maximum absolute atomic E-state index is 13.4. The van der Waals surface area contributed by atoms with E-state index in [1.165, 1.54) is 44.9 Å². The van der Waals surface area contributed by atoms with E-state index >= 15 is 0 Å². The van der Waals surface area contributed by atoms with Crippen molar-refractivity contribution in [2.45, 2.75) is 71.6 Å². The molecule has 0 bridgehead atoms. The molecule has 4 saturated carbocycles. The Labute approximate surface area is 163 Å². The van der Waals surface area contributed by atoms with Crippen molar-refractivity contribution >= 4 is 11.9 Å². The first-order valence-corrected chi connectivity index (χ1v) is 11.2. The number of aryl methyl sites for hydroxylation is 1. The van der Waals surface area contributed by atoms with Crippen LogP contribution in [0, 0.1) is 34.5 Å². The first-order chi connectivity index (χ1) is 12.9. The third-order valence-electron chi connectivity index (χ3n) is 9.29. The molecule has 1 aromatic heterocycles. The number of carbonyl (C=O) groups is 1. The molecule has 0 aromatic carbocycles. The van der Waals surface area contributed by atoms with E-state index in [4.69, 9.17) is 0 Å². The summed E-state index contributed by atoms with van der Waals surface area (Å²) in [4.78, 5) is 13.4. The van der Waals surface area contributed by atoms with Gasteiger partial charge in [0.1, 0.15) is 0 Å². The van der Waals surface area contributed by atoms with Gasteiger partial charge in [-0.15, -0.1) is 0 Å². The summed E-state index contributed by atoms with van der Waals surface area (Å²) < 4.78 is 1.82. The summed E-state index contributed by atoms with van der Waals surface area (Å²) >= 11 is 0. The van der Waals surface area contributed by atoms with E-state index in [1.807, 2.05) is 24.1 Å². The second kappa shape index (κ2) is 6.06.